The SMILES string of the molecule is CCCNC(c1cc(Br)c(Cl)s1)C(C)(C)CC. The minimum Gasteiger partial charge on any atom is -0.309 e. The highest BCUT2D eigenvalue weighted by Crippen LogP contribution is 2.43. The Morgan fingerprint density at radius 2 is 2.12 bits per heavy atom. The molecule has 98 valence electrons. The summed E-state index contributed by atoms with van der Waals surface area (Å²) in [5, 5.41) is 3.65. The van der Waals surface area contributed by atoms with Crippen LogP contribution < -0.4 is 5.32 Å². The molecule has 1 rings (SSSR count). The van der Waals surface area contributed by atoms with Crippen LogP contribution in [0.2, 0.25) is 4.34 Å². The van der Waals surface area contributed by atoms with E-state index in [9.17, 15) is 0 Å². The average Bonchev–Trinajstić information content (AvgIpc) is 2.59. The molecule has 0 aliphatic rings. The zero-order valence-corrected chi connectivity index (χ0v) is 14.1. The summed E-state index contributed by atoms with van der Waals surface area (Å²) in [5.41, 5.74) is 0.239. The third-order valence-electron chi connectivity index (χ3n) is 3.24. The van der Waals surface area contributed by atoms with Gasteiger partial charge < -0.3 is 5.32 Å². The first-order valence-electron chi connectivity index (χ1n) is 6.10. The van der Waals surface area contributed by atoms with Gasteiger partial charge in [-0.2, -0.15) is 0 Å². The van der Waals surface area contributed by atoms with Gasteiger partial charge in [-0.1, -0.05) is 39.3 Å². The van der Waals surface area contributed by atoms with Gasteiger partial charge in [0, 0.05) is 15.4 Å². The number of thiophene rings is 1. The summed E-state index contributed by atoms with van der Waals surface area (Å²) in [6.45, 7) is 10.1. The Kier molecular flexibility index (Phi) is 5.97. The van der Waals surface area contributed by atoms with E-state index in [-0.39, 0.29) is 5.41 Å². The fourth-order valence-electron chi connectivity index (χ4n) is 1.76. The van der Waals surface area contributed by atoms with Crippen LogP contribution in [0, 0.1) is 5.41 Å². The van der Waals surface area contributed by atoms with Crippen LogP contribution in [-0.4, -0.2) is 6.54 Å². The topological polar surface area (TPSA) is 12.0 Å². The molecule has 0 saturated carbocycles. The second kappa shape index (κ2) is 6.55. The number of hydrogen-bond acceptors (Lipinski definition) is 2. The zero-order chi connectivity index (χ0) is 13.1. The van der Waals surface area contributed by atoms with Crippen LogP contribution in [0.5, 0.6) is 0 Å². The van der Waals surface area contributed by atoms with Crippen LogP contribution in [-0.2, 0) is 0 Å². The van der Waals surface area contributed by atoms with E-state index in [0.29, 0.717) is 6.04 Å². The Bertz CT molecular complexity index is 343. The van der Waals surface area contributed by atoms with Gasteiger partial charge in [-0.3, -0.25) is 0 Å². The Balaban J connectivity index is 2.97. The van der Waals surface area contributed by atoms with Gasteiger partial charge in [0.15, 0.2) is 0 Å². The van der Waals surface area contributed by atoms with Gasteiger partial charge in [0.1, 0.15) is 4.34 Å². The molecule has 1 N–H and O–H groups in total. The van der Waals surface area contributed by atoms with Crippen molar-refractivity contribution in [3.8, 4) is 0 Å². The van der Waals surface area contributed by atoms with Crippen molar-refractivity contribution in [2.24, 2.45) is 5.41 Å². The quantitative estimate of drug-likeness (QED) is 0.707. The van der Waals surface area contributed by atoms with Gasteiger partial charge in [0.2, 0.25) is 0 Å². The highest BCUT2D eigenvalue weighted by Gasteiger charge is 2.30. The van der Waals surface area contributed by atoms with Crippen LogP contribution in [0.25, 0.3) is 0 Å². The van der Waals surface area contributed by atoms with E-state index in [4.69, 9.17) is 11.6 Å². The zero-order valence-electron chi connectivity index (χ0n) is 10.9. The van der Waals surface area contributed by atoms with Crippen LogP contribution >= 0.6 is 38.9 Å². The predicted octanol–water partition coefficient (Wildman–Crippen LogP) is 5.64. The van der Waals surface area contributed by atoms with Crippen LogP contribution in [0.15, 0.2) is 10.5 Å². The molecule has 0 fully saturated rings. The maximum absolute atomic E-state index is 6.14. The molecular weight excluding hydrogens is 318 g/mol. The molecule has 0 aromatic carbocycles. The van der Waals surface area contributed by atoms with Gasteiger partial charge in [-0.15, -0.1) is 11.3 Å². The van der Waals surface area contributed by atoms with Gasteiger partial charge >= 0.3 is 0 Å². The first-order valence-corrected chi connectivity index (χ1v) is 8.09. The lowest BCUT2D eigenvalue weighted by atomic mass is 9.81. The first-order chi connectivity index (χ1) is 7.92. The van der Waals surface area contributed by atoms with E-state index in [0.717, 1.165) is 28.2 Å². The van der Waals surface area contributed by atoms with Crippen molar-refractivity contribution in [1.82, 2.24) is 5.32 Å². The second-order valence-electron chi connectivity index (χ2n) is 5.00. The van der Waals surface area contributed by atoms with E-state index in [1.165, 1.54) is 4.88 Å². The molecular formula is C13H21BrClNS. The molecule has 0 aliphatic carbocycles. The van der Waals surface area contributed by atoms with Gasteiger partial charge in [0.25, 0.3) is 0 Å². The largest absolute Gasteiger partial charge is 0.309 e. The van der Waals surface area contributed by atoms with Crippen molar-refractivity contribution < 1.29 is 0 Å². The Morgan fingerprint density at radius 3 is 2.53 bits per heavy atom. The van der Waals surface area contributed by atoms with Gasteiger partial charge in [0.05, 0.1) is 0 Å². The monoisotopic (exact) mass is 337 g/mol. The normalized spacial score (nSPS) is 14.0. The standard InChI is InChI=1S/C13H21BrClNS/c1-5-7-16-11(13(3,4)6-2)10-8-9(14)12(15)17-10/h8,11,16H,5-7H2,1-4H3. The van der Waals surface area contributed by atoms with E-state index in [1.807, 2.05) is 0 Å². The summed E-state index contributed by atoms with van der Waals surface area (Å²) in [6.07, 6.45) is 2.29. The molecule has 17 heavy (non-hydrogen) atoms. The van der Waals surface area contributed by atoms with Crippen molar-refractivity contribution in [3.05, 3.63) is 19.8 Å². The predicted molar refractivity (Wildman–Crippen MR) is 82.1 cm³/mol. The average molecular weight is 339 g/mol. The molecule has 1 unspecified atom stereocenters. The summed E-state index contributed by atoms with van der Waals surface area (Å²) in [7, 11) is 0. The molecule has 1 aromatic heterocycles. The van der Waals surface area contributed by atoms with Crippen LogP contribution in [0.3, 0.4) is 0 Å². The number of rotatable bonds is 6. The Morgan fingerprint density at radius 1 is 1.47 bits per heavy atom. The van der Waals surface area contributed by atoms with Crippen molar-refractivity contribution in [2.75, 3.05) is 6.54 Å². The lowest BCUT2D eigenvalue weighted by molar-refractivity contribution is 0.238. The molecule has 0 saturated heterocycles. The van der Waals surface area contributed by atoms with Gasteiger partial charge in [-0.25, -0.2) is 0 Å². The smallest absolute Gasteiger partial charge is 0.107 e. The van der Waals surface area contributed by atoms with Crippen molar-refractivity contribution in [2.45, 2.75) is 46.6 Å². The molecule has 1 nitrogen and oxygen atoms in total. The van der Waals surface area contributed by atoms with Crippen LogP contribution in [0.1, 0.15) is 51.5 Å². The summed E-state index contributed by atoms with van der Waals surface area (Å²) in [5.74, 6) is 0. The molecule has 4 heteroatoms. The molecule has 0 bridgehead atoms. The maximum Gasteiger partial charge on any atom is 0.107 e. The lowest BCUT2D eigenvalue weighted by Gasteiger charge is -2.33. The maximum atomic E-state index is 6.14. The molecule has 1 heterocycles. The highest BCUT2D eigenvalue weighted by molar-refractivity contribution is 9.10. The number of hydrogen-bond donors (Lipinski definition) is 1. The molecule has 0 spiro atoms. The molecule has 1 atom stereocenters. The minimum atomic E-state index is 0.239. The lowest BCUT2D eigenvalue weighted by Crippen LogP contribution is -2.33. The minimum absolute atomic E-state index is 0.239. The van der Waals surface area contributed by atoms with Crippen LogP contribution in [0.4, 0.5) is 0 Å². The number of nitrogens with one attached hydrogen (secondary N) is 1. The number of halogens is 2. The van der Waals surface area contributed by atoms with E-state index in [2.05, 4.69) is 55.0 Å². The van der Waals surface area contributed by atoms with Crippen molar-refractivity contribution in [3.63, 3.8) is 0 Å². The Hall–Kier alpha value is 0.430. The molecule has 1 aromatic rings. The fraction of sp³-hybridized carbons (Fsp3) is 0.692. The second-order valence-corrected chi connectivity index (χ2v) is 7.54. The Labute approximate surface area is 122 Å². The highest BCUT2D eigenvalue weighted by atomic mass is 79.9. The van der Waals surface area contributed by atoms with E-state index >= 15 is 0 Å². The van der Waals surface area contributed by atoms with Crippen molar-refractivity contribution in [1.29, 1.82) is 0 Å². The summed E-state index contributed by atoms with van der Waals surface area (Å²) in [4.78, 5) is 1.32. The summed E-state index contributed by atoms with van der Waals surface area (Å²) in [6, 6.07) is 2.53. The molecule has 0 radical (unpaired) electrons. The fourth-order valence-corrected chi connectivity index (χ4v) is 3.78. The van der Waals surface area contributed by atoms with E-state index in [1.54, 1.807) is 11.3 Å². The summed E-state index contributed by atoms with van der Waals surface area (Å²) < 4.78 is 1.85. The third-order valence-corrected chi connectivity index (χ3v) is 5.78. The molecule has 0 aliphatic heterocycles. The molecule has 0 amide bonds. The first kappa shape index (κ1) is 15.5. The van der Waals surface area contributed by atoms with Crippen molar-refractivity contribution >= 4 is 38.9 Å². The summed E-state index contributed by atoms with van der Waals surface area (Å²) >= 11 is 11.3. The van der Waals surface area contributed by atoms with Gasteiger partial charge in [-0.05, 0) is 46.8 Å². The van der Waals surface area contributed by atoms with E-state index < -0.39 is 0 Å². The third kappa shape index (κ3) is 3.95.